The second-order valence-corrected chi connectivity index (χ2v) is 6.97. The number of sulfonamides is 1. The van der Waals surface area contributed by atoms with Crippen molar-refractivity contribution in [1.82, 2.24) is 10.0 Å². The number of rotatable bonds is 8. The Bertz CT molecular complexity index is 547. The van der Waals surface area contributed by atoms with Crippen LogP contribution in [-0.2, 0) is 21.3 Å². The molecule has 0 saturated carbocycles. The second kappa shape index (κ2) is 7.40. The van der Waals surface area contributed by atoms with Crippen molar-refractivity contribution in [3.05, 3.63) is 17.6 Å². The fourth-order valence-electron chi connectivity index (χ4n) is 2.43. The maximum absolute atomic E-state index is 12.3. The molecule has 1 aliphatic heterocycles. The first kappa shape index (κ1) is 16.5. The van der Waals surface area contributed by atoms with Crippen LogP contribution in [0.5, 0.6) is 0 Å². The summed E-state index contributed by atoms with van der Waals surface area (Å²) in [6.07, 6.45) is 2.97. The summed E-state index contributed by atoms with van der Waals surface area (Å²) in [6.45, 7) is 6.17. The highest BCUT2D eigenvalue weighted by Crippen LogP contribution is 2.20. The fourth-order valence-corrected chi connectivity index (χ4v) is 3.68. The van der Waals surface area contributed by atoms with E-state index in [2.05, 4.69) is 10.0 Å². The van der Waals surface area contributed by atoms with E-state index in [1.165, 1.54) is 0 Å². The summed E-state index contributed by atoms with van der Waals surface area (Å²) in [5.74, 6) is 1.06. The Labute approximate surface area is 126 Å². The summed E-state index contributed by atoms with van der Waals surface area (Å²) >= 11 is 0. The summed E-state index contributed by atoms with van der Waals surface area (Å²) in [5.41, 5.74) is 0. The van der Waals surface area contributed by atoms with Gasteiger partial charge in [-0.25, -0.2) is 13.1 Å². The Hall–Kier alpha value is -0.890. The second-order valence-electron chi connectivity index (χ2n) is 5.23. The SMILES string of the molecule is CCNCc1cc(S(=O)(=O)NCCC2CCCO2)c(C)o1. The van der Waals surface area contributed by atoms with Gasteiger partial charge < -0.3 is 14.5 Å². The molecule has 2 N–H and O–H groups in total. The Balaban J connectivity index is 1.93. The lowest BCUT2D eigenvalue weighted by Gasteiger charge is -2.10. The Kier molecular flexibility index (Phi) is 5.80. The number of aryl methyl sites for hydroxylation is 1. The highest BCUT2D eigenvalue weighted by atomic mass is 32.2. The van der Waals surface area contributed by atoms with Gasteiger partial charge >= 0.3 is 0 Å². The number of hydrogen-bond donors (Lipinski definition) is 2. The van der Waals surface area contributed by atoms with Crippen LogP contribution in [0, 0.1) is 6.92 Å². The first-order chi connectivity index (χ1) is 10.0. The zero-order chi connectivity index (χ0) is 15.3. The Morgan fingerprint density at radius 1 is 1.43 bits per heavy atom. The van der Waals surface area contributed by atoms with E-state index < -0.39 is 10.0 Å². The van der Waals surface area contributed by atoms with Crippen molar-refractivity contribution in [3.63, 3.8) is 0 Å². The van der Waals surface area contributed by atoms with Gasteiger partial charge in [0.05, 0.1) is 12.6 Å². The van der Waals surface area contributed by atoms with E-state index in [1.54, 1.807) is 13.0 Å². The van der Waals surface area contributed by atoms with Crippen LogP contribution < -0.4 is 10.0 Å². The predicted molar refractivity (Wildman–Crippen MR) is 79.6 cm³/mol. The van der Waals surface area contributed by atoms with Crippen molar-refractivity contribution in [2.75, 3.05) is 19.7 Å². The molecule has 1 saturated heterocycles. The van der Waals surface area contributed by atoms with E-state index in [-0.39, 0.29) is 11.0 Å². The molecule has 0 aliphatic carbocycles. The van der Waals surface area contributed by atoms with E-state index in [0.717, 1.165) is 26.0 Å². The molecule has 1 fully saturated rings. The molecule has 0 spiro atoms. The van der Waals surface area contributed by atoms with Gasteiger partial charge in [0, 0.05) is 19.2 Å². The van der Waals surface area contributed by atoms with Gasteiger partial charge in [-0.1, -0.05) is 6.92 Å². The Morgan fingerprint density at radius 3 is 2.90 bits per heavy atom. The zero-order valence-electron chi connectivity index (χ0n) is 12.6. The topological polar surface area (TPSA) is 80.6 Å². The summed E-state index contributed by atoms with van der Waals surface area (Å²) in [7, 11) is -3.51. The van der Waals surface area contributed by atoms with Crippen molar-refractivity contribution < 1.29 is 17.6 Å². The lowest BCUT2D eigenvalue weighted by molar-refractivity contribution is 0.105. The van der Waals surface area contributed by atoms with Crippen LogP contribution in [0.25, 0.3) is 0 Å². The number of furan rings is 1. The molecule has 0 amide bonds. The minimum atomic E-state index is -3.51. The van der Waals surface area contributed by atoms with Gasteiger partial charge in [0.15, 0.2) is 0 Å². The largest absolute Gasteiger partial charge is 0.464 e. The molecule has 1 atom stereocenters. The molecule has 0 aromatic carbocycles. The average molecular weight is 316 g/mol. The van der Waals surface area contributed by atoms with Crippen LogP contribution in [0.2, 0.25) is 0 Å². The maximum atomic E-state index is 12.3. The normalized spacial score (nSPS) is 19.2. The van der Waals surface area contributed by atoms with Crippen LogP contribution in [0.3, 0.4) is 0 Å². The van der Waals surface area contributed by atoms with Crippen LogP contribution in [-0.4, -0.2) is 34.2 Å². The third kappa shape index (κ3) is 4.54. The van der Waals surface area contributed by atoms with E-state index in [0.29, 0.717) is 31.0 Å². The number of ether oxygens (including phenoxy) is 1. The highest BCUT2D eigenvalue weighted by Gasteiger charge is 2.22. The standard InChI is InChI=1S/C14H24N2O4S/c1-3-15-10-13-9-14(11(2)20-13)21(17,18)16-7-6-12-5-4-8-19-12/h9,12,15-16H,3-8,10H2,1-2H3. The molecule has 0 bridgehead atoms. The quantitative estimate of drug-likeness (QED) is 0.760. The molecule has 2 rings (SSSR count). The van der Waals surface area contributed by atoms with E-state index in [4.69, 9.17) is 9.15 Å². The molecule has 120 valence electrons. The molecule has 1 aromatic heterocycles. The van der Waals surface area contributed by atoms with E-state index >= 15 is 0 Å². The highest BCUT2D eigenvalue weighted by molar-refractivity contribution is 7.89. The molecule has 1 aliphatic rings. The molecule has 7 heteroatoms. The van der Waals surface area contributed by atoms with E-state index in [9.17, 15) is 8.42 Å². The fraction of sp³-hybridized carbons (Fsp3) is 0.714. The Morgan fingerprint density at radius 2 is 2.24 bits per heavy atom. The first-order valence-electron chi connectivity index (χ1n) is 7.44. The van der Waals surface area contributed by atoms with Crippen molar-refractivity contribution in [1.29, 1.82) is 0 Å². The zero-order valence-corrected chi connectivity index (χ0v) is 13.5. The van der Waals surface area contributed by atoms with Crippen LogP contribution in [0.4, 0.5) is 0 Å². The summed E-state index contributed by atoms with van der Waals surface area (Å²) in [5, 5.41) is 3.11. The lowest BCUT2D eigenvalue weighted by atomic mass is 10.2. The molecule has 0 radical (unpaired) electrons. The van der Waals surface area contributed by atoms with Crippen molar-refractivity contribution in [2.24, 2.45) is 0 Å². The third-order valence-electron chi connectivity index (χ3n) is 3.54. The van der Waals surface area contributed by atoms with Gasteiger partial charge in [0.2, 0.25) is 10.0 Å². The van der Waals surface area contributed by atoms with Crippen LogP contribution >= 0.6 is 0 Å². The molecule has 1 aromatic rings. The molecule has 6 nitrogen and oxygen atoms in total. The van der Waals surface area contributed by atoms with Gasteiger partial charge in [-0.2, -0.15) is 0 Å². The first-order valence-corrected chi connectivity index (χ1v) is 8.92. The summed E-state index contributed by atoms with van der Waals surface area (Å²) in [4.78, 5) is 0.225. The molecular weight excluding hydrogens is 292 g/mol. The summed E-state index contributed by atoms with van der Waals surface area (Å²) in [6, 6.07) is 1.59. The minimum absolute atomic E-state index is 0.183. The van der Waals surface area contributed by atoms with Crippen LogP contribution in [0.15, 0.2) is 15.4 Å². The number of hydrogen-bond acceptors (Lipinski definition) is 5. The van der Waals surface area contributed by atoms with Gasteiger partial charge in [-0.05, 0) is 32.7 Å². The molecule has 1 unspecified atom stereocenters. The van der Waals surface area contributed by atoms with Crippen molar-refractivity contribution >= 4 is 10.0 Å². The predicted octanol–water partition coefficient (Wildman–Crippen LogP) is 1.54. The minimum Gasteiger partial charge on any atom is -0.464 e. The third-order valence-corrected chi connectivity index (χ3v) is 5.11. The van der Waals surface area contributed by atoms with E-state index in [1.807, 2.05) is 6.92 Å². The lowest BCUT2D eigenvalue weighted by Crippen LogP contribution is -2.27. The molecule has 2 heterocycles. The van der Waals surface area contributed by atoms with Gasteiger partial charge in [0.1, 0.15) is 16.4 Å². The van der Waals surface area contributed by atoms with Gasteiger partial charge in [-0.15, -0.1) is 0 Å². The smallest absolute Gasteiger partial charge is 0.244 e. The summed E-state index contributed by atoms with van der Waals surface area (Å²) < 4.78 is 38.1. The van der Waals surface area contributed by atoms with Crippen molar-refractivity contribution in [3.8, 4) is 0 Å². The molecular formula is C14H24N2O4S. The van der Waals surface area contributed by atoms with Gasteiger partial charge in [-0.3, -0.25) is 0 Å². The molecule has 21 heavy (non-hydrogen) atoms. The van der Waals surface area contributed by atoms with Gasteiger partial charge in [0.25, 0.3) is 0 Å². The number of nitrogens with one attached hydrogen (secondary N) is 2. The average Bonchev–Trinajstić information content (AvgIpc) is 3.06. The monoisotopic (exact) mass is 316 g/mol. The van der Waals surface area contributed by atoms with Crippen molar-refractivity contribution in [2.45, 2.75) is 50.7 Å². The van der Waals surface area contributed by atoms with Crippen LogP contribution in [0.1, 0.15) is 37.7 Å². The maximum Gasteiger partial charge on any atom is 0.244 e.